The molecule has 14 heavy (non-hydrogen) atoms. The van der Waals surface area contributed by atoms with Crippen LogP contribution < -0.4 is 0 Å². The largest absolute Gasteiger partial charge is 0.466 e. The summed E-state index contributed by atoms with van der Waals surface area (Å²) in [5.74, 6) is -0.137. The van der Waals surface area contributed by atoms with E-state index in [0.717, 1.165) is 37.9 Å². The molecule has 0 saturated heterocycles. The van der Waals surface area contributed by atoms with Crippen molar-refractivity contribution in [3.63, 3.8) is 0 Å². The summed E-state index contributed by atoms with van der Waals surface area (Å²) in [6.45, 7) is 4.01. The van der Waals surface area contributed by atoms with E-state index in [1.54, 1.807) is 0 Å². The number of hydrogen-bond donors (Lipinski definition) is 0. The van der Waals surface area contributed by atoms with Crippen LogP contribution in [0.3, 0.4) is 0 Å². The molecule has 1 heterocycles. The maximum atomic E-state index is 11.5. The van der Waals surface area contributed by atoms with Crippen LogP contribution >= 0.6 is 0 Å². The Hall–Kier alpha value is -0.830. The van der Waals surface area contributed by atoms with Gasteiger partial charge in [0.25, 0.3) is 0 Å². The average Bonchev–Trinajstić information content (AvgIpc) is 2.17. The lowest BCUT2D eigenvalue weighted by Gasteiger charge is -2.26. The van der Waals surface area contributed by atoms with Gasteiger partial charge in [-0.25, -0.2) is 4.79 Å². The molecular formula is C11H19NO2. The van der Waals surface area contributed by atoms with Crippen molar-refractivity contribution in [2.75, 3.05) is 27.2 Å². The van der Waals surface area contributed by atoms with Crippen LogP contribution in [0.2, 0.25) is 0 Å². The Bertz CT molecular complexity index is 246. The van der Waals surface area contributed by atoms with Crippen molar-refractivity contribution >= 4 is 5.97 Å². The van der Waals surface area contributed by atoms with Crippen LogP contribution in [0.15, 0.2) is 11.1 Å². The molecule has 0 bridgehead atoms. The molecule has 0 radical (unpaired) electrons. The highest BCUT2D eigenvalue weighted by Gasteiger charge is 2.21. The van der Waals surface area contributed by atoms with Crippen LogP contribution in [0.5, 0.6) is 0 Å². The SMILES string of the molecule is CCCC1=C(C(=O)OC)CCN(C)C1. The second kappa shape index (κ2) is 5.15. The number of hydrogen-bond acceptors (Lipinski definition) is 3. The van der Waals surface area contributed by atoms with Crippen molar-refractivity contribution in [2.45, 2.75) is 26.2 Å². The molecular weight excluding hydrogens is 178 g/mol. The van der Waals surface area contributed by atoms with Gasteiger partial charge in [0.05, 0.1) is 7.11 Å². The minimum atomic E-state index is -0.137. The minimum Gasteiger partial charge on any atom is -0.466 e. The molecule has 0 spiro atoms. The summed E-state index contributed by atoms with van der Waals surface area (Å²) in [6, 6.07) is 0. The molecule has 1 aliphatic rings. The zero-order chi connectivity index (χ0) is 10.6. The minimum absolute atomic E-state index is 0.137. The number of carbonyl (C=O) groups excluding carboxylic acids is 1. The van der Waals surface area contributed by atoms with Gasteiger partial charge in [-0.3, -0.25) is 0 Å². The topological polar surface area (TPSA) is 29.5 Å². The zero-order valence-corrected chi connectivity index (χ0v) is 9.30. The van der Waals surface area contributed by atoms with Gasteiger partial charge >= 0.3 is 5.97 Å². The molecule has 1 aliphatic heterocycles. The molecule has 1 rings (SSSR count). The highest BCUT2D eigenvalue weighted by atomic mass is 16.5. The van der Waals surface area contributed by atoms with Crippen LogP contribution in [-0.4, -0.2) is 38.1 Å². The van der Waals surface area contributed by atoms with Crippen LogP contribution in [0.1, 0.15) is 26.2 Å². The van der Waals surface area contributed by atoms with Gasteiger partial charge in [0.2, 0.25) is 0 Å². The summed E-state index contributed by atoms with van der Waals surface area (Å²) < 4.78 is 4.79. The number of carbonyl (C=O) groups is 1. The Morgan fingerprint density at radius 1 is 1.57 bits per heavy atom. The average molecular weight is 197 g/mol. The molecule has 0 atom stereocenters. The smallest absolute Gasteiger partial charge is 0.333 e. The number of likely N-dealkylation sites (N-methyl/N-ethyl adjacent to an activating group) is 1. The third-order valence-corrected chi connectivity index (χ3v) is 2.61. The van der Waals surface area contributed by atoms with Crippen LogP contribution in [0, 0.1) is 0 Å². The van der Waals surface area contributed by atoms with Gasteiger partial charge in [0, 0.05) is 18.7 Å². The van der Waals surface area contributed by atoms with Crippen LogP contribution in [0.4, 0.5) is 0 Å². The van der Waals surface area contributed by atoms with Crippen LogP contribution in [0.25, 0.3) is 0 Å². The summed E-state index contributed by atoms with van der Waals surface area (Å²) >= 11 is 0. The van der Waals surface area contributed by atoms with E-state index in [0.29, 0.717) is 0 Å². The highest BCUT2D eigenvalue weighted by molar-refractivity contribution is 5.89. The summed E-state index contributed by atoms with van der Waals surface area (Å²) in [6.07, 6.45) is 2.93. The van der Waals surface area contributed by atoms with Crippen molar-refractivity contribution in [2.24, 2.45) is 0 Å². The predicted octanol–water partition coefficient (Wildman–Crippen LogP) is 1.59. The van der Waals surface area contributed by atoms with Gasteiger partial charge in [-0.15, -0.1) is 0 Å². The number of esters is 1. The van der Waals surface area contributed by atoms with E-state index in [2.05, 4.69) is 18.9 Å². The van der Waals surface area contributed by atoms with Crippen LogP contribution in [-0.2, 0) is 9.53 Å². The fraction of sp³-hybridized carbons (Fsp3) is 0.727. The Balaban J connectivity index is 2.81. The lowest BCUT2D eigenvalue weighted by Crippen LogP contribution is -2.30. The van der Waals surface area contributed by atoms with Gasteiger partial charge < -0.3 is 9.64 Å². The number of methoxy groups -OCH3 is 1. The summed E-state index contributed by atoms with van der Waals surface area (Å²) in [5.41, 5.74) is 2.17. The Labute approximate surface area is 85.7 Å². The normalized spacial score (nSPS) is 18.5. The first kappa shape index (κ1) is 11.2. The van der Waals surface area contributed by atoms with E-state index >= 15 is 0 Å². The Kier molecular flexibility index (Phi) is 4.14. The van der Waals surface area contributed by atoms with Crippen molar-refractivity contribution in [1.29, 1.82) is 0 Å². The van der Waals surface area contributed by atoms with Gasteiger partial charge in [0.1, 0.15) is 0 Å². The van der Waals surface area contributed by atoms with Gasteiger partial charge in [0.15, 0.2) is 0 Å². The van der Waals surface area contributed by atoms with E-state index in [-0.39, 0.29) is 5.97 Å². The molecule has 0 aliphatic carbocycles. The molecule has 80 valence electrons. The Morgan fingerprint density at radius 3 is 2.86 bits per heavy atom. The van der Waals surface area contributed by atoms with Gasteiger partial charge in [-0.2, -0.15) is 0 Å². The molecule has 0 fully saturated rings. The quantitative estimate of drug-likeness (QED) is 0.643. The van der Waals surface area contributed by atoms with E-state index in [4.69, 9.17) is 4.74 Å². The molecule has 3 heteroatoms. The molecule has 0 N–H and O–H groups in total. The third kappa shape index (κ3) is 2.58. The monoisotopic (exact) mass is 197 g/mol. The number of rotatable bonds is 3. The fourth-order valence-electron chi connectivity index (χ4n) is 1.88. The summed E-state index contributed by atoms with van der Waals surface area (Å²) in [4.78, 5) is 13.7. The molecule has 0 aromatic rings. The molecule has 0 unspecified atom stereocenters. The zero-order valence-electron chi connectivity index (χ0n) is 9.30. The first-order valence-electron chi connectivity index (χ1n) is 5.16. The second-order valence-electron chi connectivity index (χ2n) is 3.81. The first-order chi connectivity index (χ1) is 6.69. The molecule has 0 amide bonds. The lowest BCUT2D eigenvalue weighted by molar-refractivity contribution is -0.136. The van der Waals surface area contributed by atoms with E-state index in [1.165, 1.54) is 12.7 Å². The second-order valence-corrected chi connectivity index (χ2v) is 3.81. The molecule has 0 saturated carbocycles. The summed E-state index contributed by atoms with van der Waals surface area (Å²) in [5, 5.41) is 0. The molecule has 3 nitrogen and oxygen atoms in total. The highest BCUT2D eigenvalue weighted by Crippen LogP contribution is 2.21. The van der Waals surface area contributed by atoms with Crippen molar-refractivity contribution < 1.29 is 9.53 Å². The van der Waals surface area contributed by atoms with Gasteiger partial charge in [-0.05, 0) is 25.5 Å². The maximum absolute atomic E-state index is 11.5. The van der Waals surface area contributed by atoms with E-state index < -0.39 is 0 Å². The lowest BCUT2D eigenvalue weighted by atomic mass is 9.97. The standard InChI is InChI=1S/C11H19NO2/c1-4-5-9-8-12(2)7-6-10(9)11(13)14-3/h4-8H2,1-3H3. The van der Waals surface area contributed by atoms with E-state index in [9.17, 15) is 4.79 Å². The predicted molar refractivity (Wildman–Crippen MR) is 56.1 cm³/mol. The number of nitrogens with zero attached hydrogens (tertiary/aromatic N) is 1. The Morgan fingerprint density at radius 2 is 2.29 bits per heavy atom. The van der Waals surface area contributed by atoms with Crippen molar-refractivity contribution in [1.82, 2.24) is 4.90 Å². The maximum Gasteiger partial charge on any atom is 0.333 e. The summed E-state index contributed by atoms with van der Waals surface area (Å²) in [7, 11) is 3.54. The molecule has 0 aromatic heterocycles. The van der Waals surface area contributed by atoms with Crippen molar-refractivity contribution in [3.05, 3.63) is 11.1 Å². The van der Waals surface area contributed by atoms with E-state index in [1.807, 2.05) is 0 Å². The number of ether oxygens (including phenoxy) is 1. The molecule has 0 aromatic carbocycles. The third-order valence-electron chi connectivity index (χ3n) is 2.61. The van der Waals surface area contributed by atoms with Crippen molar-refractivity contribution in [3.8, 4) is 0 Å². The van der Waals surface area contributed by atoms with Gasteiger partial charge in [-0.1, -0.05) is 13.3 Å². The first-order valence-corrected chi connectivity index (χ1v) is 5.16. The fourth-order valence-corrected chi connectivity index (χ4v) is 1.88.